The van der Waals surface area contributed by atoms with E-state index in [2.05, 4.69) is 46.5 Å². The number of aliphatic hydroxyl groups is 1. The first-order valence-electron chi connectivity index (χ1n) is 9.62. The van der Waals surface area contributed by atoms with E-state index in [4.69, 9.17) is 4.74 Å². The Hall–Kier alpha value is -2.91. The smallest absolute Gasteiger partial charge is 0.214 e. The van der Waals surface area contributed by atoms with E-state index in [-0.39, 0.29) is 0 Å². The molecule has 2 aromatic heterocycles. The number of nitrogens with zero attached hydrogens (tertiary/aromatic N) is 6. The van der Waals surface area contributed by atoms with E-state index >= 15 is 0 Å². The van der Waals surface area contributed by atoms with Gasteiger partial charge in [0, 0.05) is 5.75 Å². The van der Waals surface area contributed by atoms with Gasteiger partial charge in [0.05, 0.1) is 37.1 Å². The van der Waals surface area contributed by atoms with Gasteiger partial charge in [0.15, 0.2) is 0 Å². The van der Waals surface area contributed by atoms with Crippen LogP contribution in [0.15, 0.2) is 41.8 Å². The van der Waals surface area contributed by atoms with Crippen LogP contribution in [0.4, 0.5) is 0 Å². The van der Waals surface area contributed by atoms with E-state index in [1.165, 1.54) is 22.9 Å². The van der Waals surface area contributed by atoms with Gasteiger partial charge in [-0.3, -0.25) is 0 Å². The molecule has 4 rings (SSSR count). The van der Waals surface area contributed by atoms with Gasteiger partial charge in [0.2, 0.25) is 5.16 Å². The third kappa shape index (κ3) is 4.03. The zero-order valence-electron chi connectivity index (χ0n) is 17.4. The number of rotatable bonds is 7. The van der Waals surface area contributed by atoms with Gasteiger partial charge in [-0.25, -0.2) is 4.98 Å². The number of fused-ring (bicyclic) bond motifs is 1. The highest BCUT2D eigenvalue weighted by molar-refractivity contribution is 7.99. The number of imidazole rings is 1. The second-order valence-electron chi connectivity index (χ2n) is 7.34. The van der Waals surface area contributed by atoms with Crippen LogP contribution < -0.4 is 4.74 Å². The van der Waals surface area contributed by atoms with Crippen molar-refractivity contribution >= 4 is 22.8 Å². The Morgan fingerprint density at radius 1 is 1.13 bits per heavy atom. The first kappa shape index (κ1) is 20.4. The fourth-order valence-electron chi connectivity index (χ4n) is 3.29. The zero-order chi connectivity index (χ0) is 21.3. The average Bonchev–Trinajstić information content (AvgIpc) is 3.34. The standard InChI is InChI=1S/C21H24N6O2S/c1-13-5-6-20(29-4)19(7-13)27-21(23-24-25-27)30-11-16(28)10-26-12-22-17-8-14(2)15(3)9-18(17)26/h5-9,12,16,28H,10-11H2,1-4H3. The Kier molecular flexibility index (Phi) is 5.74. The first-order chi connectivity index (χ1) is 14.5. The molecule has 2 aromatic carbocycles. The zero-order valence-corrected chi connectivity index (χ0v) is 18.2. The number of hydrogen-bond acceptors (Lipinski definition) is 7. The summed E-state index contributed by atoms with van der Waals surface area (Å²) in [6, 6.07) is 10.0. The maximum absolute atomic E-state index is 10.6. The Labute approximate surface area is 178 Å². The molecule has 156 valence electrons. The Morgan fingerprint density at radius 2 is 1.93 bits per heavy atom. The summed E-state index contributed by atoms with van der Waals surface area (Å²) >= 11 is 1.40. The molecule has 0 amide bonds. The molecule has 0 aliphatic carbocycles. The van der Waals surface area contributed by atoms with Crippen LogP contribution in [-0.2, 0) is 6.54 Å². The molecule has 0 spiro atoms. The lowest BCUT2D eigenvalue weighted by Crippen LogP contribution is -2.18. The predicted octanol–water partition coefficient (Wildman–Crippen LogP) is 3.10. The molecule has 0 saturated carbocycles. The molecule has 1 atom stereocenters. The summed E-state index contributed by atoms with van der Waals surface area (Å²) in [6.07, 6.45) is 1.19. The molecule has 0 saturated heterocycles. The fourth-order valence-corrected chi connectivity index (χ4v) is 4.09. The Morgan fingerprint density at radius 3 is 2.73 bits per heavy atom. The van der Waals surface area contributed by atoms with Crippen molar-refractivity contribution in [2.75, 3.05) is 12.9 Å². The number of ether oxygens (including phenoxy) is 1. The molecule has 0 radical (unpaired) electrons. The number of aryl methyl sites for hydroxylation is 3. The van der Waals surface area contributed by atoms with Crippen molar-refractivity contribution in [3.63, 3.8) is 0 Å². The van der Waals surface area contributed by atoms with Crippen LogP contribution in [0.1, 0.15) is 16.7 Å². The molecule has 2 heterocycles. The van der Waals surface area contributed by atoms with Crippen molar-refractivity contribution < 1.29 is 9.84 Å². The van der Waals surface area contributed by atoms with E-state index in [1.807, 2.05) is 29.7 Å². The molecule has 0 aliphatic rings. The quantitative estimate of drug-likeness (QED) is 0.456. The summed E-state index contributed by atoms with van der Waals surface area (Å²) in [5.41, 5.74) is 6.23. The highest BCUT2D eigenvalue weighted by atomic mass is 32.2. The maximum Gasteiger partial charge on any atom is 0.214 e. The largest absolute Gasteiger partial charge is 0.494 e. The van der Waals surface area contributed by atoms with Gasteiger partial charge in [-0.2, -0.15) is 4.68 Å². The van der Waals surface area contributed by atoms with Crippen LogP contribution in [0, 0.1) is 20.8 Å². The van der Waals surface area contributed by atoms with Gasteiger partial charge in [-0.05, 0) is 72.2 Å². The minimum Gasteiger partial charge on any atom is -0.494 e. The van der Waals surface area contributed by atoms with Gasteiger partial charge in [0.25, 0.3) is 0 Å². The van der Waals surface area contributed by atoms with E-state index in [9.17, 15) is 5.11 Å². The van der Waals surface area contributed by atoms with Crippen LogP contribution in [0.5, 0.6) is 5.75 Å². The Bertz CT molecular complexity index is 1190. The number of thioether (sulfide) groups is 1. The number of hydrogen-bond donors (Lipinski definition) is 1. The SMILES string of the molecule is COc1ccc(C)cc1-n1nnnc1SCC(O)Cn1cnc2cc(C)c(C)cc21. The van der Waals surface area contributed by atoms with Crippen LogP contribution >= 0.6 is 11.8 Å². The Balaban J connectivity index is 1.48. The van der Waals surface area contributed by atoms with E-state index < -0.39 is 6.10 Å². The molecule has 0 fully saturated rings. The van der Waals surface area contributed by atoms with Crippen molar-refractivity contribution in [3.8, 4) is 11.4 Å². The highest BCUT2D eigenvalue weighted by Gasteiger charge is 2.16. The summed E-state index contributed by atoms with van der Waals surface area (Å²) in [7, 11) is 1.62. The highest BCUT2D eigenvalue weighted by Crippen LogP contribution is 2.27. The molecule has 8 nitrogen and oxygen atoms in total. The second kappa shape index (κ2) is 8.45. The minimum atomic E-state index is -0.585. The lowest BCUT2D eigenvalue weighted by Gasteiger charge is -2.13. The molecular formula is C21H24N6O2S. The fraction of sp³-hybridized carbons (Fsp3) is 0.333. The van der Waals surface area contributed by atoms with Gasteiger partial charge >= 0.3 is 0 Å². The number of tetrazole rings is 1. The molecular weight excluding hydrogens is 400 g/mol. The molecule has 0 bridgehead atoms. The van der Waals surface area contributed by atoms with Crippen molar-refractivity contribution in [1.29, 1.82) is 0 Å². The van der Waals surface area contributed by atoms with Crippen molar-refractivity contribution in [1.82, 2.24) is 29.8 Å². The topological polar surface area (TPSA) is 90.9 Å². The van der Waals surface area contributed by atoms with Gasteiger partial charge in [-0.15, -0.1) is 5.10 Å². The number of methoxy groups -OCH3 is 1. The lowest BCUT2D eigenvalue weighted by molar-refractivity contribution is 0.179. The number of aromatic nitrogens is 6. The predicted molar refractivity (Wildman–Crippen MR) is 116 cm³/mol. The third-order valence-corrected chi connectivity index (χ3v) is 6.12. The van der Waals surface area contributed by atoms with Crippen molar-refractivity contribution in [2.45, 2.75) is 38.6 Å². The third-order valence-electron chi connectivity index (χ3n) is 5.05. The van der Waals surface area contributed by atoms with Crippen molar-refractivity contribution in [2.24, 2.45) is 0 Å². The summed E-state index contributed by atoms with van der Waals surface area (Å²) in [5, 5.41) is 23.3. The molecule has 9 heteroatoms. The molecule has 30 heavy (non-hydrogen) atoms. The number of benzene rings is 2. The number of aliphatic hydroxyl groups excluding tert-OH is 1. The van der Waals surface area contributed by atoms with Crippen LogP contribution in [0.25, 0.3) is 16.7 Å². The summed E-state index contributed by atoms with van der Waals surface area (Å²) in [4.78, 5) is 4.46. The lowest BCUT2D eigenvalue weighted by atomic mass is 10.1. The monoisotopic (exact) mass is 424 g/mol. The summed E-state index contributed by atoms with van der Waals surface area (Å²) in [6.45, 7) is 6.61. The molecule has 4 aromatic rings. The first-order valence-corrected chi connectivity index (χ1v) is 10.6. The maximum atomic E-state index is 10.6. The van der Waals surface area contributed by atoms with Gasteiger partial charge in [-0.1, -0.05) is 17.8 Å². The van der Waals surface area contributed by atoms with Crippen LogP contribution in [-0.4, -0.2) is 53.8 Å². The second-order valence-corrected chi connectivity index (χ2v) is 8.32. The molecule has 0 aliphatic heterocycles. The molecule has 1 unspecified atom stereocenters. The minimum absolute atomic E-state index is 0.443. The van der Waals surface area contributed by atoms with Crippen LogP contribution in [0.3, 0.4) is 0 Å². The van der Waals surface area contributed by atoms with Gasteiger partial charge < -0.3 is 14.4 Å². The van der Waals surface area contributed by atoms with Crippen LogP contribution in [0.2, 0.25) is 0 Å². The van der Waals surface area contributed by atoms with E-state index in [1.54, 1.807) is 18.1 Å². The molecule has 1 N–H and O–H groups in total. The van der Waals surface area contributed by atoms with Gasteiger partial charge in [0.1, 0.15) is 11.4 Å². The summed E-state index contributed by atoms with van der Waals surface area (Å²) in [5.74, 6) is 1.13. The summed E-state index contributed by atoms with van der Waals surface area (Å²) < 4.78 is 9.07. The van der Waals surface area contributed by atoms with E-state index in [0.717, 1.165) is 22.3 Å². The average molecular weight is 425 g/mol. The van der Waals surface area contributed by atoms with Crippen molar-refractivity contribution in [3.05, 3.63) is 53.3 Å². The van der Waals surface area contributed by atoms with E-state index in [0.29, 0.717) is 23.2 Å². The normalized spacial score (nSPS) is 12.4.